The first kappa shape index (κ1) is 14.1. The van der Waals surface area contributed by atoms with Gasteiger partial charge in [0.25, 0.3) is 5.91 Å². The topological polar surface area (TPSA) is 55.1 Å². The predicted molar refractivity (Wildman–Crippen MR) is 85.4 cm³/mol. The van der Waals surface area contributed by atoms with Gasteiger partial charge in [0.1, 0.15) is 0 Å². The molecule has 3 nitrogen and oxygen atoms in total. The number of amides is 1. The van der Waals surface area contributed by atoms with Gasteiger partial charge in [-0.3, -0.25) is 4.79 Å². The number of hydrogen-bond acceptors (Lipinski definition) is 2. The summed E-state index contributed by atoms with van der Waals surface area (Å²) in [5.74, 6) is -0.155. The van der Waals surface area contributed by atoms with Crippen LogP contribution in [-0.2, 0) is 0 Å². The highest BCUT2D eigenvalue weighted by atomic mass is 79.9. The third-order valence-corrected chi connectivity index (χ3v) is 4.29. The zero-order chi connectivity index (χ0) is 14.0. The van der Waals surface area contributed by atoms with E-state index < -0.39 is 0 Å². The summed E-state index contributed by atoms with van der Waals surface area (Å²) < 4.78 is 1.79. The molecule has 0 saturated heterocycles. The molecule has 98 valence electrons. The molecule has 5 heteroatoms. The quantitative estimate of drug-likeness (QED) is 0.757. The highest BCUT2D eigenvalue weighted by molar-refractivity contribution is 9.10. The molecule has 0 aromatic heterocycles. The molecule has 0 radical (unpaired) electrons. The van der Waals surface area contributed by atoms with Crippen molar-refractivity contribution < 1.29 is 4.79 Å². The van der Waals surface area contributed by atoms with Crippen molar-refractivity contribution >= 4 is 49.1 Å². The van der Waals surface area contributed by atoms with Crippen LogP contribution in [0.15, 0.2) is 45.3 Å². The molecule has 0 saturated carbocycles. The lowest BCUT2D eigenvalue weighted by atomic mass is 10.1. The monoisotopic (exact) mass is 382 g/mol. The Labute approximate surface area is 128 Å². The lowest BCUT2D eigenvalue weighted by molar-refractivity contribution is 0.102. The molecule has 2 rings (SSSR count). The summed E-state index contributed by atoms with van der Waals surface area (Å²) >= 11 is 6.72. The van der Waals surface area contributed by atoms with Crippen LogP contribution in [0, 0.1) is 6.92 Å². The van der Waals surface area contributed by atoms with E-state index in [2.05, 4.69) is 37.2 Å². The van der Waals surface area contributed by atoms with Crippen LogP contribution in [0.5, 0.6) is 0 Å². The maximum Gasteiger partial charge on any atom is 0.255 e. The van der Waals surface area contributed by atoms with E-state index in [0.29, 0.717) is 16.9 Å². The SMILES string of the molecule is Cc1cc(C(=O)Nc2ccc(Br)c(N)c2)ccc1Br. The fourth-order valence-corrected chi connectivity index (χ4v) is 2.10. The maximum atomic E-state index is 12.1. The van der Waals surface area contributed by atoms with Crippen molar-refractivity contribution in [2.45, 2.75) is 6.92 Å². The van der Waals surface area contributed by atoms with E-state index in [1.54, 1.807) is 24.3 Å². The first-order chi connectivity index (χ1) is 8.97. The van der Waals surface area contributed by atoms with Crippen LogP contribution in [0.3, 0.4) is 0 Å². The van der Waals surface area contributed by atoms with Gasteiger partial charge in [-0.05, 0) is 64.8 Å². The Morgan fingerprint density at radius 2 is 1.79 bits per heavy atom. The average Bonchev–Trinajstić information content (AvgIpc) is 2.37. The Morgan fingerprint density at radius 3 is 2.42 bits per heavy atom. The fraction of sp³-hybridized carbons (Fsp3) is 0.0714. The van der Waals surface area contributed by atoms with E-state index in [1.807, 2.05) is 19.1 Å². The van der Waals surface area contributed by atoms with Crippen molar-refractivity contribution in [3.05, 3.63) is 56.5 Å². The molecular weight excluding hydrogens is 372 g/mol. The summed E-state index contributed by atoms with van der Waals surface area (Å²) in [4.78, 5) is 12.1. The van der Waals surface area contributed by atoms with E-state index in [9.17, 15) is 4.79 Å². The number of benzene rings is 2. The third-order valence-electron chi connectivity index (χ3n) is 2.67. The number of rotatable bonds is 2. The van der Waals surface area contributed by atoms with Crippen molar-refractivity contribution in [2.24, 2.45) is 0 Å². The van der Waals surface area contributed by atoms with Crippen molar-refractivity contribution in [2.75, 3.05) is 11.1 Å². The van der Waals surface area contributed by atoms with Crippen LogP contribution in [0.25, 0.3) is 0 Å². The highest BCUT2D eigenvalue weighted by Gasteiger charge is 2.08. The smallest absolute Gasteiger partial charge is 0.255 e. The molecule has 0 heterocycles. The van der Waals surface area contributed by atoms with Gasteiger partial charge in [-0.15, -0.1) is 0 Å². The second-order valence-corrected chi connectivity index (χ2v) is 5.86. The molecule has 0 aliphatic heterocycles. The van der Waals surface area contributed by atoms with E-state index in [-0.39, 0.29) is 5.91 Å². The Morgan fingerprint density at radius 1 is 1.11 bits per heavy atom. The highest BCUT2D eigenvalue weighted by Crippen LogP contribution is 2.23. The molecule has 2 aromatic carbocycles. The van der Waals surface area contributed by atoms with Crippen molar-refractivity contribution in [1.82, 2.24) is 0 Å². The van der Waals surface area contributed by atoms with Crippen LogP contribution < -0.4 is 11.1 Å². The summed E-state index contributed by atoms with van der Waals surface area (Å²) in [6.45, 7) is 1.94. The summed E-state index contributed by atoms with van der Waals surface area (Å²) in [5.41, 5.74) is 8.66. The molecule has 0 unspecified atom stereocenters. The Balaban J connectivity index is 2.20. The second-order valence-electron chi connectivity index (χ2n) is 4.15. The fourth-order valence-electron chi connectivity index (χ4n) is 1.61. The third kappa shape index (κ3) is 3.36. The number of carbonyl (C=O) groups excluding carboxylic acids is 1. The van der Waals surface area contributed by atoms with Crippen LogP contribution in [0.4, 0.5) is 11.4 Å². The maximum absolute atomic E-state index is 12.1. The lowest BCUT2D eigenvalue weighted by Crippen LogP contribution is -2.12. The molecule has 3 N–H and O–H groups in total. The molecule has 1 amide bonds. The van der Waals surface area contributed by atoms with E-state index in [4.69, 9.17) is 5.73 Å². The standard InChI is InChI=1S/C14H12Br2N2O/c1-8-6-9(2-4-11(8)15)14(19)18-10-3-5-12(16)13(17)7-10/h2-7H,17H2,1H3,(H,18,19). The molecular formula is C14H12Br2N2O. The van der Waals surface area contributed by atoms with Gasteiger partial charge in [0, 0.05) is 25.9 Å². The predicted octanol–water partition coefficient (Wildman–Crippen LogP) is 4.35. The zero-order valence-corrected chi connectivity index (χ0v) is 13.4. The molecule has 19 heavy (non-hydrogen) atoms. The van der Waals surface area contributed by atoms with Crippen molar-refractivity contribution in [3.63, 3.8) is 0 Å². The van der Waals surface area contributed by atoms with Crippen LogP contribution >= 0.6 is 31.9 Å². The minimum absolute atomic E-state index is 0.155. The molecule has 0 atom stereocenters. The summed E-state index contributed by atoms with van der Waals surface area (Å²) in [6.07, 6.45) is 0. The Kier molecular flexibility index (Phi) is 4.27. The first-order valence-electron chi connectivity index (χ1n) is 5.60. The van der Waals surface area contributed by atoms with E-state index in [1.165, 1.54) is 0 Å². The Bertz CT molecular complexity index is 641. The Hall–Kier alpha value is -1.33. The minimum Gasteiger partial charge on any atom is -0.398 e. The molecule has 0 fully saturated rings. The number of nitrogens with two attached hydrogens (primary N) is 1. The summed E-state index contributed by atoms with van der Waals surface area (Å²) in [7, 11) is 0. The molecule has 0 aliphatic carbocycles. The van der Waals surface area contributed by atoms with Gasteiger partial charge < -0.3 is 11.1 Å². The number of nitrogens with one attached hydrogen (secondary N) is 1. The second kappa shape index (κ2) is 5.75. The van der Waals surface area contributed by atoms with Crippen molar-refractivity contribution in [1.29, 1.82) is 0 Å². The minimum atomic E-state index is -0.155. The van der Waals surface area contributed by atoms with Crippen LogP contribution in [0.1, 0.15) is 15.9 Å². The number of nitrogen functional groups attached to an aromatic ring is 1. The van der Waals surface area contributed by atoms with Gasteiger partial charge in [-0.2, -0.15) is 0 Å². The molecule has 2 aromatic rings. The van der Waals surface area contributed by atoms with Crippen LogP contribution in [-0.4, -0.2) is 5.91 Å². The zero-order valence-electron chi connectivity index (χ0n) is 10.2. The van der Waals surface area contributed by atoms with Gasteiger partial charge in [0.2, 0.25) is 0 Å². The normalized spacial score (nSPS) is 10.3. The molecule has 0 spiro atoms. The number of anilines is 2. The molecule has 0 bridgehead atoms. The average molecular weight is 384 g/mol. The largest absolute Gasteiger partial charge is 0.398 e. The first-order valence-corrected chi connectivity index (χ1v) is 7.18. The number of aryl methyl sites for hydroxylation is 1. The lowest BCUT2D eigenvalue weighted by Gasteiger charge is -2.08. The van der Waals surface area contributed by atoms with Gasteiger partial charge in [0.15, 0.2) is 0 Å². The van der Waals surface area contributed by atoms with Crippen LogP contribution in [0.2, 0.25) is 0 Å². The number of carbonyl (C=O) groups is 1. The van der Waals surface area contributed by atoms with E-state index >= 15 is 0 Å². The number of hydrogen-bond donors (Lipinski definition) is 2. The van der Waals surface area contributed by atoms with Gasteiger partial charge >= 0.3 is 0 Å². The van der Waals surface area contributed by atoms with Gasteiger partial charge in [-0.1, -0.05) is 15.9 Å². The number of halogens is 2. The summed E-state index contributed by atoms with van der Waals surface area (Å²) in [5, 5.41) is 2.82. The van der Waals surface area contributed by atoms with Gasteiger partial charge in [0.05, 0.1) is 0 Å². The van der Waals surface area contributed by atoms with E-state index in [0.717, 1.165) is 14.5 Å². The van der Waals surface area contributed by atoms with Crippen molar-refractivity contribution in [3.8, 4) is 0 Å². The molecule has 0 aliphatic rings. The summed E-state index contributed by atoms with van der Waals surface area (Å²) in [6, 6.07) is 10.8. The van der Waals surface area contributed by atoms with Gasteiger partial charge in [-0.25, -0.2) is 0 Å².